The van der Waals surface area contributed by atoms with Crippen LogP contribution in [0.2, 0.25) is 0 Å². The van der Waals surface area contributed by atoms with Crippen LogP contribution in [0.1, 0.15) is 28.4 Å². The number of hydrogen-bond donors (Lipinski definition) is 1. The summed E-state index contributed by atoms with van der Waals surface area (Å²) in [5.41, 5.74) is 2.51. The molecule has 1 N–H and O–H groups in total. The molecule has 1 aromatic rings. The number of nitrogens with zero attached hydrogens (tertiary/aromatic N) is 1. The maximum Gasteiger partial charge on any atom is 0.326 e. The third kappa shape index (κ3) is 3.06. The summed E-state index contributed by atoms with van der Waals surface area (Å²) in [4.78, 5) is 24.1. The molecule has 0 aliphatic rings. The molecule has 0 radical (unpaired) electrons. The zero-order valence-electron chi connectivity index (χ0n) is 10.5. The normalized spacial score (nSPS) is 12.0. The number of rotatable bonds is 3. The maximum atomic E-state index is 12.1. The highest BCUT2D eigenvalue weighted by molar-refractivity contribution is 5.96. The van der Waals surface area contributed by atoms with Crippen LogP contribution in [0.3, 0.4) is 0 Å². The molecule has 0 aliphatic carbocycles. The highest BCUT2D eigenvalue weighted by Gasteiger charge is 2.22. The fraction of sp³-hybridized carbons (Fsp3) is 0.385. The summed E-state index contributed by atoms with van der Waals surface area (Å²) in [5.74, 6) is -1.28. The molecule has 4 heteroatoms. The standard InChI is InChI=1S/C13H17NO3/c1-8-5-9(2)7-11(6-8)12(15)14(4)10(3)13(16)17/h5-7,10H,1-4H3,(H,16,17). The van der Waals surface area contributed by atoms with E-state index in [1.54, 1.807) is 12.1 Å². The van der Waals surface area contributed by atoms with Gasteiger partial charge in [-0.25, -0.2) is 4.79 Å². The predicted octanol–water partition coefficient (Wildman–Crippen LogP) is 1.85. The zero-order chi connectivity index (χ0) is 13.2. The van der Waals surface area contributed by atoms with Gasteiger partial charge in [-0.05, 0) is 32.9 Å². The van der Waals surface area contributed by atoms with Crippen LogP contribution in [0.25, 0.3) is 0 Å². The molecule has 0 bridgehead atoms. The van der Waals surface area contributed by atoms with E-state index in [1.807, 2.05) is 19.9 Å². The number of carbonyl (C=O) groups is 2. The summed E-state index contributed by atoms with van der Waals surface area (Å²) < 4.78 is 0. The number of hydrogen-bond acceptors (Lipinski definition) is 2. The van der Waals surface area contributed by atoms with Gasteiger partial charge >= 0.3 is 5.97 Å². The summed E-state index contributed by atoms with van der Waals surface area (Å²) in [6, 6.07) is 4.67. The number of carboxylic acids is 1. The molecule has 4 nitrogen and oxygen atoms in total. The summed E-state index contributed by atoms with van der Waals surface area (Å²) >= 11 is 0. The lowest BCUT2D eigenvalue weighted by Gasteiger charge is -2.21. The van der Waals surface area contributed by atoms with Gasteiger partial charge in [-0.15, -0.1) is 0 Å². The Morgan fingerprint density at radius 2 is 1.65 bits per heavy atom. The van der Waals surface area contributed by atoms with Crippen LogP contribution in [-0.4, -0.2) is 35.0 Å². The first-order valence-corrected chi connectivity index (χ1v) is 5.41. The molecule has 17 heavy (non-hydrogen) atoms. The zero-order valence-corrected chi connectivity index (χ0v) is 10.5. The van der Waals surface area contributed by atoms with E-state index < -0.39 is 12.0 Å². The van der Waals surface area contributed by atoms with Gasteiger partial charge in [0.15, 0.2) is 0 Å². The first-order chi connectivity index (χ1) is 7.82. The Morgan fingerprint density at radius 1 is 1.18 bits per heavy atom. The largest absolute Gasteiger partial charge is 0.480 e. The fourth-order valence-electron chi connectivity index (χ4n) is 1.64. The fourth-order valence-corrected chi connectivity index (χ4v) is 1.64. The number of amides is 1. The number of carbonyl (C=O) groups excluding carboxylic acids is 1. The van der Waals surface area contributed by atoms with Crippen molar-refractivity contribution < 1.29 is 14.7 Å². The van der Waals surface area contributed by atoms with Gasteiger partial charge in [-0.1, -0.05) is 17.2 Å². The summed E-state index contributed by atoms with van der Waals surface area (Å²) in [5, 5.41) is 8.86. The second-order valence-corrected chi connectivity index (χ2v) is 4.31. The highest BCUT2D eigenvalue weighted by Crippen LogP contribution is 2.12. The molecular weight excluding hydrogens is 218 g/mol. The number of aryl methyl sites for hydroxylation is 2. The van der Waals surface area contributed by atoms with Crippen molar-refractivity contribution in [3.05, 3.63) is 34.9 Å². The lowest BCUT2D eigenvalue weighted by atomic mass is 10.1. The molecule has 0 saturated carbocycles. The Balaban J connectivity index is 3.00. The molecule has 0 spiro atoms. The molecule has 0 saturated heterocycles. The quantitative estimate of drug-likeness (QED) is 0.869. The first kappa shape index (κ1) is 13.2. The molecule has 0 aliphatic heterocycles. The number of likely N-dealkylation sites (N-methyl/N-ethyl adjacent to an activating group) is 1. The van der Waals surface area contributed by atoms with Crippen LogP contribution >= 0.6 is 0 Å². The van der Waals surface area contributed by atoms with Gasteiger partial charge in [0.1, 0.15) is 6.04 Å². The number of carboxylic acid groups (broad SMARTS) is 1. The third-order valence-corrected chi connectivity index (χ3v) is 2.73. The van der Waals surface area contributed by atoms with Crippen LogP contribution in [0.5, 0.6) is 0 Å². The maximum absolute atomic E-state index is 12.1. The minimum absolute atomic E-state index is 0.272. The van der Waals surface area contributed by atoms with Crippen LogP contribution in [0.15, 0.2) is 18.2 Å². The highest BCUT2D eigenvalue weighted by atomic mass is 16.4. The van der Waals surface area contributed by atoms with Gasteiger partial charge in [0.2, 0.25) is 0 Å². The Labute approximate surface area is 101 Å². The summed E-state index contributed by atoms with van der Waals surface area (Å²) in [7, 11) is 1.50. The van der Waals surface area contributed by atoms with E-state index in [2.05, 4.69) is 0 Å². The van der Waals surface area contributed by atoms with E-state index in [4.69, 9.17) is 5.11 Å². The second kappa shape index (κ2) is 4.99. The molecule has 1 amide bonds. The molecule has 1 atom stereocenters. The van der Waals surface area contributed by atoms with Crippen LogP contribution in [0, 0.1) is 13.8 Å². The number of benzene rings is 1. The molecular formula is C13H17NO3. The lowest BCUT2D eigenvalue weighted by Crippen LogP contribution is -2.40. The average Bonchev–Trinajstić information content (AvgIpc) is 2.24. The van der Waals surface area contributed by atoms with E-state index in [0.717, 1.165) is 11.1 Å². The van der Waals surface area contributed by atoms with Gasteiger partial charge in [-0.3, -0.25) is 4.79 Å². The molecule has 1 rings (SSSR count). The second-order valence-electron chi connectivity index (χ2n) is 4.31. The van der Waals surface area contributed by atoms with Gasteiger partial charge in [0.05, 0.1) is 0 Å². The van der Waals surface area contributed by atoms with Crippen molar-refractivity contribution in [2.75, 3.05) is 7.05 Å². The van der Waals surface area contributed by atoms with Crippen molar-refractivity contribution in [2.45, 2.75) is 26.8 Å². The van der Waals surface area contributed by atoms with Crippen LogP contribution in [0.4, 0.5) is 0 Å². The average molecular weight is 235 g/mol. The van der Waals surface area contributed by atoms with Crippen molar-refractivity contribution in [3.63, 3.8) is 0 Å². The smallest absolute Gasteiger partial charge is 0.326 e. The summed E-state index contributed by atoms with van der Waals surface area (Å²) in [6.07, 6.45) is 0. The van der Waals surface area contributed by atoms with Crippen molar-refractivity contribution in [1.82, 2.24) is 4.90 Å². The van der Waals surface area contributed by atoms with Crippen molar-refractivity contribution in [1.29, 1.82) is 0 Å². The van der Waals surface area contributed by atoms with Crippen molar-refractivity contribution in [2.24, 2.45) is 0 Å². The minimum Gasteiger partial charge on any atom is -0.480 e. The topological polar surface area (TPSA) is 57.6 Å². The van der Waals surface area contributed by atoms with Gasteiger partial charge in [0, 0.05) is 12.6 Å². The molecule has 0 fully saturated rings. The Hall–Kier alpha value is -1.84. The molecule has 0 aromatic heterocycles. The van der Waals surface area contributed by atoms with E-state index in [1.165, 1.54) is 18.9 Å². The minimum atomic E-state index is -1.01. The van der Waals surface area contributed by atoms with Gasteiger partial charge in [-0.2, -0.15) is 0 Å². The SMILES string of the molecule is Cc1cc(C)cc(C(=O)N(C)C(C)C(=O)O)c1. The first-order valence-electron chi connectivity index (χ1n) is 5.41. The molecule has 1 aromatic carbocycles. The van der Waals surface area contributed by atoms with Gasteiger partial charge in [0.25, 0.3) is 5.91 Å². The third-order valence-electron chi connectivity index (χ3n) is 2.73. The van der Waals surface area contributed by atoms with E-state index in [0.29, 0.717) is 5.56 Å². The monoisotopic (exact) mass is 235 g/mol. The van der Waals surface area contributed by atoms with Crippen LogP contribution < -0.4 is 0 Å². The van der Waals surface area contributed by atoms with Gasteiger partial charge < -0.3 is 10.0 Å². The van der Waals surface area contributed by atoms with E-state index in [-0.39, 0.29) is 5.91 Å². The lowest BCUT2D eigenvalue weighted by molar-refractivity contribution is -0.141. The van der Waals surface area contributed by atoms with E-state index in [9.17, 15) is 9.59 Å². The molecule has 1 unspecified atom stereocenters. The Kier molecular flexibility index (Phi) is 3.89. The number of aliphatic carboxylic acids is 1. The summed E-state index contributed by atoms with van der Waals surface area (Å²) in [6.45, 7) is 5.30. The predicted molar refractivity (Wildman–Crippen MR) is 65.1 cm³/mol. The molecule has 92 valence electrons. The van der Waals surface area contributed by atoms with Crippen LogP contribution in [-0.2, 0) is 4.79 Å². The van der Waals surface area contributed by atoms with Crippen molar-refractivity contribution in [3.8, 4) is 0 Å². The van der Waals surface area contributed by atoms with Crippen molar-refractivity contribution >= 4 is 11.9 Å². The van der Waals surface area contributed by atoms with E-state index >= 15 is 0 Å². The molecule has 0 heterocycles. The Bertz CT molecular complexity index is 434. The Morgan fingerprint density at radius 3 is 2.06 bits per heavy atom.